The molecule has 2 aromatic carbocycles. The van der Waals surface area contributed by atoms with E-state index in [1.54, 1.807) is 0 Å². The third-order valence-electron chi connectivity index (χ3n) is 5.10. The van der Waals surface area contributed by atoms with Crippen molar-refractivity contribution in [1.82, 2.24) is 14.8 Å². The number of rotatable bonds is 5. The summed E-state index contributed by atoms with van der Waals surface area (Å²) in [5.74, 6) is -0.778. The number of carboxylic acids is 1. The predicted octanol–water partition coefficient (Wildman–Crippen LogP) is 3.11. The Bertz CT molecular complexity index is 849. The Labute approximate surface area is 152 Å². The minimum Gasteiger partial charge on any atom is -0.480 e. The SMILES string of the molecule is O=C(O)C(c1ccccc1)N1CCN(Cc2cc3ccccc3[nH]2)CC1. The highest BCUT2D eigenvalue weighted by atomic mass is 16.4. The van der Waals surface area contributed by atoms with Crippen LogP contribution in [0.3, 0.4) is 0 Å². The van der Waals surface area contributed by atoms with Crippen molar-refractivity contribution in [2.24, 2.45) is 0 Å². The van der Waals surface area contributed by atoms with E-state index in [1.165, 1.54) is 11.1 Å². The summed E-state index contributed by atoms with van der Waals surface area (Å²) in [4.78, 5) is 19.7. The van der Waals surface area contributed by atoms with E-state index in [1.807, 2.05) is 42.5 Å². The van der Waals surface area contributed by atoms with Crippen LogP contribution < -0.4 is 0 Å². The number of H-pyrrole nitrogens is 1. The number of carboxylic acid groups (broad SMARTS) is 1. The second kappa shape index (κ2) is 7.32. The maximum absolute atomic E-state index is 11.8. The lowest BCUT2D eigenvalue weighted by atomic mass is 10.0. The van der Waals surface area contributed by atoms with E-state index in [-0.39, 0.29) is 0 Å². The summed E-state index contributed by atoms with van der Waals surface area (Å²) >= 11 is 0. The number of carbonyl (C=O) groups is 1. The Morgan fingerprint density at radius 1 is 1.00 bits per heavy atom. The standard InChI is InChI=1S/C21H23N3O2/c25-21(26)20(16-6-2-1-3-7-16)24-12-10-23(11-13-24)15-18-14-17-8-4-5-9-19(17)22-18/h1-9,14,20,22H,10-13,15H2,(H,25,26). The van der Waals surface area contributed by atoms with Gasteiger partial charge >= 0.3 is 5.97 Å². The van der Waals surface area contributed by atoms with Gasteiger partial charge in [-0.05, 0) is 23.1 Å². The molecule has 3 aromatic rings. The van der Waals surface area contributed by atoms with Crippen LogP contribution in [0.25, 0.3) is 10.9 Å². The van der Waals surface area contributed by atoms with E-state index in [4.69, 9.17) is 0 Å². The molecule has 0 bridgehead atoms. The molecule has 2 heterocycles. The molecule has 5 nitrogen and oxygen atoms in total. The van der Waals surface area contributed by atoms with E-state index in [0.29, 0.717) is 0 Å². The average Bonchev–Trinajstić information content (AvgIpc) is 3.06. The van der Waals surface area contributed by atoms with Crippen LogP contribution in [0, 0.1) is 0 Å². The highest BCUT2D eigenvalue weighted by Gasteiger charge is 2.30. The highest BCUT2D eigenvalue weighted by molar-refractivity contribution is 5.80. The minimum atomic E-state index is -0.778. The minimum absolute atomic E-state index is 0.563. The number of aliphatic carboxylic acids is 1. The van der Waals surface area contributed by atoms with Crippen molar-refractivity contribution in [3.8, 4) is 0 Å². The van der Waals surface area contributed by atoms with Crippen molar-refractivity contribution in [2.75, 3.05) is 26.2 Å². The van der Waals surface area contributed by atoms with Crippen LogP contribution in [0.2, 0.25) is 0 Å². The van der Waals surface area contributed by atoms with Crippen molar-refractivity contribution in [3.63, 3.8) is 0 Å². The van der Waals surface area contributed by atoms with Gasteiger partial charge in [-0.2, -0.15) is 0 Å². The van der Waals surface area contributed by atoms with Gasteiger partial charge < -0.3 is 10.1 Å². The molecule has 5 heteroatoms. The normalized spacial score (nSPS) is 17.4. The number of hydrogen-bond acceptors (Lipinski definition) is 3. The number of benzene rings is 2. The van der Waals surface area contributed by atoms with Crippen LogP contribution in [0.4, 0.5) is 0 Å². The number of piperazine rings is 1. The molecule has 1 aliphatic rings. The van der Waals surface area contributed by atoms with Crippen LogP contribution in [-0.4, -0.2) is 52.0 Å². The topological polar surface area (TPSA) is 59.6 Å². The summed E-state index contributed by atoms with van der Waals surface area (Å²) in [5, 5.41) is 10.9. The Balaban J connectivity index is 1.40. The van der Waals surface area contributed by atoms with Crippen molar-refractivity contribution in [2.45, 2.75) is 12.6 Å². The van der Waals surface area contributed by atoms with Gasteiger partial charge in [0.1, 0.15) is 6.04 Å². The van der Waals surface area contributed by atoms with Gasteiger partial charge in [-0.25, -0.2) is 0 Å². The third-order valence-corrected chi connectivity index (χ3v) is 5.10. The van der Waals surface area contributed by atoms with Crippen molar-refractivity contribution >= 4 is 16.9 Å². The fourth-order valence-corrected chi connectivity index (χ4v) is 3.78. The largest absolute Gasteiger partial charge is 0.480 e. The first kappa shape index (κ1) is 16.8. The summed E-state index contributed by atoms with van der Waals surface area (Å²) in [5.41, 5.74) is 3.22. The Kier molecular flexibility index (Phi) is 4.73. The first-order valence-corrected chi connectivity index (χ1v) is 9.01. The molecule has 2 N–H and O–H groups in total. The number of fused-ring (bicyclic) bond motifs is 1. The fourth-order valence-electron chi connectivity index (χ4n) is 3.78. The lowest BCUT2D eigenvalue weighted by Crippen LogP contribution is -2.48. The summed E-state index contributed by atoms with van der Waals surface area (Å²) in [6.45, 7) is 4.11. The van der Waals surface area contributed by atoms with Gasteiger partial charge in [0, 0.05) is 43.9 Å². The van der Waals surface area contributed by atoms with Gasteiger partial charge in [-0.3, -0.25) is 14.6 Å². The zero-order valence-corrected chi connectivity index (χ0v) is 14.6. The van der Waals surface area contributed by atoms with Gasteiger partial charge in [0.15, 0.2) is 0 Å². The number of aromatic amines is 1. The van der Waals surface area contributed by atoms with E-state index in [2.05, 4.69) is 33.0 Å². The lowest BCUT2D eigenvalue weighted by Gasteiger charge is -2.37. The molecule has 1 saturated heterocycles. The second-order valence-electron chi connectivity index (χ2n) is 6.85. The Hall–Kier alpha value is -2.63. The Morgan fingerprint density at radius 2 is 1.69 bits per heavy atom. The first-order valence-electron chi connectivity index (χ1n) is 9.01. The van der Waals surface area contributed by atoms with Gasteiger partial charge in [-0.1, -0.05) is 48.5 Å². The van der Waals surface area contributed by atoms with Gasteiger partial charge in [0.25, 0.3) is 0 Å². The molecule has 1 aliphatic heterocycles. The van der Waals surface area contributed by atoms with Crippen molar-refractivity contribution < 1.29 is 9.90 Å². The lowest BCUT2D eigenvalue weighted by molar-refractivity contribution is -0.144. The van der Waals surface area contributed by atoms with E-state index >= 15 is 0 Å². The molecule has 0 spiro atoms. The molecule has 0 radical (unpaired) electrons. The molecule has 1 unspecified atom stereocenters. The summed E-state index contributed by atoms with van der Waals surface area (Å²) in [7, 11) is 0. The quantitative estimate of drug-likeness (QED) is 0.743. The maximum Gasteiger partial charge on any atom is 0.325 e. The predicted molar refractivity (Wildman–Crippen MR) is 102 cm³/mol. The van der Waals surface area contributed by atoms with Crippen LogP contribution in [0.5, 0.6) is 0 Å². The Morgan fingerprint density at radius 3 is 2.38 bits per heavy atom. The van der Waals surface area contributed by atoms with Crippen LogP contribution >= 0.6 is 0 Å². The molecule has 134 valence electrons. The number of aromatic nitrogens is 1. The zero-order valence-electron chi connectivity index (χ0n) is 14.6. The number of nitrogens with zero attached hydrogens (tertiary/aromatic N) is 2. The third kappa shape index (κ3) is 3.49. The van der Waals surface area contributed by atoms with Crippen LogP contribution in [0.15, 0.2) is 60.7 Å². The van der Waals surface area contributed by atoms with Crippen molar-refractivity contribution in [3.05, 3.63) is 71.9 Å². The fraction of sp³-hybridized carbons (Fsp3) is 0.286. The molecule has 0 saturated carbocycles. The molecule has 4 rings (SSSR count). The number of hydrogen-bond donors (Lipinski definition) is 2. The molecule has 26 heavy (non-hydrogen) atoms. The van der Waals surface area contributed by atoms with Gasteiger partial charge in [0.05, 0.1) is 0 Å². The van der Waals surface area contributed by atoms with Crippen LogP contribution in [0.1, 0.15) is 17.3 Å². The van der Waals surface area contributed by atoms with E-state index in [0.717, 1.165) is 43.8 Å². The molecule has 0 aliphatic carbocycles. The van der Waals surface area contributed by atoms with E-state index < -0.39 is 12.0 Å². The zero-order chi connectivity index (χ0) is 17.9. The summed E-state index contributed by atoms with van der Waals surface area (Å²) in [6, 6.07) is 19.4. The molecular formula is C21H23N3O2. The molecular weight excluding hydrogens is 326 g/mol. The second-order valence-corrected chi connectivity index (χ2v) is 6.85. The summed E-state index contributed by atoms with van der Waals surface area (Å²) < 4.78 is 0. The maximum atomic E-state index is 11.8. The molecule has 1 atom stereocenters. The molecule has 0 amide bonds. The smallest absolute Gasteiger partial charge is 0.325 e. The first-order chi connectivity index (χ1) is 12.7. The molecule has 1 aromatic heterocycles. The average molecular weight is 349 g/mol. The van der Waals surface area contributed by atoms with Crippen molar-refractivity contribution in [1.29, 1.82) is 0 Å². The number of nitrogens with one attached hydrogen (secondary N) is 1. The van der Waals surface area contributed by atoms with Crippen LogP contribution in [-0.2, 0) is 11.3 Å². The van der Waals surface area contributed by atoms with Gasteiger partial charge in [0.2, 0.25) is 0 Å². The summed E-state index contributed by atoms with van der Waals surface area (Å²) in [6.07, 6.45) is 0. The van der Waals surface area contributed by atoms with E-state index in [9.17, 15) is 9.90 Å². The molecule has 1 fully saturated rings. The monoisotopic (exact) mass is 349 g/mol. The van der Waals surface area contributed by atoms with Gasteiger partial charge in [-0.15, -0.1) is 0 Å². The number of para-hydroxylation sites is 1. The highest BCUT2D eigenvalue weighted by Crippen LogP contribution is 2.23.